The van der Waals surface area contributed by atoms with Gasteiger partial charge in [-0.05, 0) is 53.9 Å². The van der Waals surface area contributed by atoms with E-state index in [0.717, 1.165) is 28.4 Å². The molecule has 2 aromatic rings. The van der Waals surface area contributed by atoms with Crippen molar-refractivity contribution in [3.63, 3.8) is 0 Å². The van der Waals surface area contributed by atoms with Gasteiger partial charge < -0.3 is 4.74 Å². The van der Waals surface area contributed by atoms with Crippen molar-refractivity contribution in [1.29, 1.82) is 0 Å². The Morgan fingerprint density at radius 3 is 1.97 bits per heavy atom. The van der Waals surface area contributed by atoms with Crippen molar-refractivity contribution in [2.45, 2.75) is 77.7 Å². The predicted molar refractivity (Wildman–Crippen MR) is 127 cm³/mol. The standard InChI is InChI=1S/C26H36ClNO/c1-2-3-4-5-6-7-8-9-10-11-20-28-21-23-14-18-26(19-15-23)29-22-24-12-16-25(27)17-13-24/h12-19,21H,2-11,20,22H2,1H3. The number of hydrogen-bond acceptors (Lipinski definition) is 2. The Balaban J connectivity index is 1.52. The molecular weight excluding hydrogens is 378 g/mol. The highest BCUT2D eigenvalue weighted by Crippen LogP contribution is 2.15. The van der Waals surface area contributed by atoms with Crippen molar-refractivity contribution in [1.82, 2.24) is 0 Å². The zero-order chi connectivity index (χ0) is 20.6. The summed E-state index contributed by atoms with van der Waals surface area (Å²) in [6, 6.07) is 15.8. The molecule has 0 aromatic heterocycles. The van der Waals surface area contributed by atoms with Gasteiger partial charge in [-0.15, -0.1) is 0 Å². The highest BCUT2D eigenvalue weighted by atomic mass is 35.5. The number of aliphatic imine (C=N–C) groups is 1. The smallest absolute Gasteiger partial charge is 0.119 e. The number of hydrogen-bond donors (Lipinski definition) is 0. The summed E-state index contributed by atoms with van der Waals surface area (Å²) < 4.78 is 5.82. The molecule has 0 aliphatic heterocycles. The molecule has 0 atom stereocenters. The zero-order valence-electron chi connectivity index (χ0n) is 17.9. The molecule has 158 valence electrons. The average molecular weight is 414 g/mol. The zero-order valence-corrected chi connectivity index (χ0v) is 18.7. The molecule has 2 aromatic carbocycles. The molecule has 0 N–H and O–H groups in total. The van der Waals surface area contributed by atoms with Gasteiger partial charge in [0.15, 0.2) is 0 Å². The van der Waals surface area contributed by atoms with Gasteiger partial charge in [0.2, 0.25) is 0 Å². The number of ether oxygens (including phenoxy) is 1. The Bertz CT molecular complexity index is 679. The van der Waals surface area contributed by atoms with Gasteiger partial charge in [0, 0.05) is 17.8 Å². The summed E-state index contributed by atoms with van der Waals surface area (Å²) in [5, 5.41) is 0.746. The highest BCUT2D eigenvalue weighted by molar-refractivity contribution is 6.30. The first-order chi connectivity index (χ1) is 14.3. The fraction of sp³-hybridized carbons (Fsp3) is 0.500. The van der Waals surface area contributed by atoms with E-state index in [4.69, 9.17) is 16.3 Å². The van der Waals surface area contributed by atoms with Gasteiger partial charge in [0.05, 0.1) is 0 Å². The highest BCUT2D eigenvalue weighted by Gasteiger charge is 1.97. The van der Waals surface area contributed by atoms with Crippen LogP contribution in [-0.4, -0.2) is 12.8 Å². The van der Waals surface area contributed by atoms with Crippen LogP contribution in [0.1, 0.15) is 82.3 Å². The van der Waals surface area contributed by atoms with E-state index in [0.29, 0.717) is 6.61 Å². The Labute approximate surface area is 182 Å². The second-order valence-electron chi connectivity index (χ2n) is 7.70. The number of unbranched alkanes of at least 4 members (excludes halogenated alkanes) is 9. The molecule has 3 heteroatoms. The molecule has 0 heterocycles. The van der Waals surface area contributed by atoms with Crippen molar-refractivity contribution in [2.24, 2.45) is 4.99 Å². The van der Waals surface area contributed by atoms with Crippen LogP contribution in [0.25, 0.3) is 0 Å². The molecular formula is C26H36ClNO. The van der Waals surface area contributed by atoms with Crippen molar-refractivity contribution < 1.29 is 4.74 Å². The summed E-state index contributed by atoms with van der Waals surface area (Å²) in [6.45, 7) is 3.74. The van der Waals surface area contributed by atoms with Crippen molar-refractivity contribution >= 4 is 17.8 Å². The van der Waals surface area contributed by atoms with Crippen LogP contribution in [-0.2, 0) is 6.61 Å². The molecule has 0 unspecified atom stereocenters. The number of halogens is 1. The van der Waals surface area contributed by atoms with Gasteiger partial charge in [-0.3, -0.25) is 4.99 Å². The van der Waals surface area contributed by atoms with Gasteiger partial charge >= 0.3 is 0 Å². The molecule has 0 fully saturated rings. The second kappa shape index (κ2) is 15.1. The molecule has 0 aliphatic rings. The summed E-state index contributed by atoms with van der Waals surface area (Å²) in [5.74, 6) is 0.867. The molecule has 0 saturated heterocycles. The van der Waals surface area contributed by atoms with Crippen molar-refractivity contribution in [3.05, 3.63) is 64.7 Å². The minimum absolute atomic E-state index is 0.545. The molecule has 0 spiro atoms. The fourth-order valence-corrected chi connectivity index (χ4v) is 3.38. The summed E-state index contributed by atoms with van der Waals surface area (Å²) in [7, 11) is 0. The summed E-state index contributed by atoms with van der Waals surface area (Å²) in [5.41, 5.74) is 2.23. The maximum atomic E-state index is 5.90. The van der Waals surface area contributed by atoms with Crippen molar-refractivity contribution in [2.75, 3.05) is 6.54 Å². The maximum Gasteiger partial charge on any atom is 0.119 e. The average Bonchev–Trinajstić information content (AvgIpc) is 2.75. The lowest BCUT2D eigenvalue weighted by Crippen LogP contribution is -1.95. The fourth-order valence-electron chi connectivity index (χ4n) is 3.26. The predicted octanol–water partition coefficient (Wildman–Crippen LogP) is 8.26. The summed E-state index contributed by atoms with van der Waals surface area (Å²) in [6.07, 6.45) is 15.6. The van der Waals surface area contributed by atoms with Crippen molar-refractivity contribution in [3.8, 4) is 5.75 Å². The van der Waals surface area contributed by atoms with Gasteiger partial charge in [-0.1, -0.05) is 88.4 Å². The Kier molecular flexibility index (Phi) is 12.2. The summed E-state index contributed by atoms with van der Waals surface area (Å²) in [4.78, 5) is 4.56. The van der Waals surface area contributed by atoms with E-state index >= 15 is 0 Å². The van der Waals surface area contributed by atoms with E-state index in [1.807, 2.05) is 42.6 Å². The lowest BCUT2D eigenvalue weighted by Gasteiger charge is -2.06. The van der Waals surface area contributed by atoms with E-state index in [9.17, 15) is 0 Å². The molecule has 2 rings (SSSR count). The van der Waals surface area contributed by atoms with Gasteiger partial charge in [-0.2, -0.15) is 0 Å². The van der Waals surface area contributed by atoms with Crippen LogP contribution in [0.15, 0.2) is 53.5 Å². The number of rotatable bonds is 15. The van der Waals surface area contributed by atoms with E-state index < -0.39 is 0 Å². The van der Waals surface area contributed by atoms with Crippen LogP contribution >= 0.6 is 11.6 Å². The third-order valence-corrected chi connectivity index (χ3v) is 5.33. The second-order valence-corrected chi connectivity index (χ2v) is 8.14. The van der Waals surface area contributed by atoms with Gasteiger partial charge in [-0.25, -0.2) is 0 Å². The molecule has 0 radical (unpaired) electrons. The van der Waals surface area contributed by atoms with Crippen LogP contribution in [0.3, 0.4) is 0 Å². The molecule has 29 heavy (non-hydrogen) atoms. The third-order valence-electron chi connectivity index (χ3n) is 5.08. The Morgan fingerprint density at radius 1 is 0.759 bits per heavy atom. The minimum atomic E-state index is 0.545. The molecule has 0 saturated carbocycles. The maximum absolute atomic E-state index is 5.90. The quantitative estimate of drug-likeness (QED) is 0.212. The molecule has 2 nitrogen and oxygen atoms in total. The van der Waals surface area contributed by atoms with Crippen LogP contribution in [0, 0.1) is 0 Å². The topological polar surface area (TPSA) is 21.6 Å². The minimum Gasteiger partial charge on any atom is -0.489 e. The molecule has 0 amide bonds. The monoisotopic (exact) mass is 413 g/mol. The van der Waals surface area contributed by atoms with Crippen LogP contribution in [0.4, 0.5) is 0 Å². The van der Waals surface area contributed by atoms with E-state index in [-0.39, 0.29) is 0 Å². The van der Waals surface area contributed by atoms with Gasteiger partial charge in [0.1, 0.15) is 12.4 Å². The molecule has 0 aliphatic carbocycles. The Hall–Kier alpha value is -1.80. The first kappa shape index (κ1) is 23.5. The Morgan fingerprint density at radius 2 is 1.34 bits per heavy atom. The van der Waals surface area contributed by atoms with E-state index in [1.54, 1.807) is 0 Å². The lowest BCUT2D eigenvalue weighted by atomic mass is 10.1. The third kappa shape index (κ3) is 11.1. The van der Waals surface area contributed by atoms with Gasteiger partial charge in [0.25, 0.3) is 0 Å². The normalized spacial score (nSPS) is 11.2. The first-order valence-corrected chi connectivity index (χ1v) is 11.6. The first-order valence-electron chi connectivity index (χ1n) is 11.2. The van der Waals surface area contributed by atoms with E-state index in [2.05, 4.69) is 24.0 Å². The summed E-state index contributed by atoms with van der Waals surface area (Å²) >= 11 is 5.90. The van der Waals surface area contributed by atoms with E-state index in [1.165, 1.54) is 64.2 Å². The molecule has 0 bridgehead atoms. The number of nitrogens with zero attached hydrogens (tertiary/aromatic N) is 1. The van der Waals surface area contributed by atoms with Crippen LogP contribution in [0.2, 0.25) is 5.02 Å². The lowest BCUT2D eigenvalue weighted by molar-refractivity contribution is 0.306. The van der Waals surface area contributed by atoms with Crippen LogP contribution < -0.4 is 4.74 Å². The van der Waals surface area contributed by atoms with Crippen LogP contribution in [0.5, 0.6) is 5.75 Å². The number of benzene rings is 2. The SMILES string of the molecule is CCCCCCCCCCCCN=Cc1ccc(OCc2ccc(Cl)cc2)cc1. The largest absolute Gasteiger partial charge is 0.489 e.